The third-order valence-electron chi connectivity index (χ3n) is 4.61. The van der Waals surface area contributed by atoms with Gasteiger partial charge in [0.05, 0.1) is 19.3 Å². The van der Waals surface area contributed by atoms with Gasteiger partial charge in [0.25, 0.3) is 0 Å². The number of hydrogen-bond donors (Lipinski definition) is 2. The molecular weight excluding hydrogens is 503 g/mol. The van der Waals surface area contributed by atoms with Gasteiger partial charge in [0.2, 0.25) is 0 Å². The molecule has 0 aromatic heterocycles. The lowest BCUT2D eigenvalue weighted by atomic mass is 10.0. The van der Waals surface area contributed by atoms with Crippen molar-refractivity contribution in [2.45, 2.75) is 31.5 Å². The number of halogens is 5. The Labute approximate surface area is 186 Å². The van der Waals surface area contributed by atoms with E-state index >= 15 is 0 Å². The van der Waals surface area contributed by atoms with Crippen molar-refractivity contribution in [2.75, 3.05) is 46.4 Å². The molecule has 1 heterocycles. The molecule has 0 saturated carbocycles. The number of morpholine rings is 1. The first kappa shape index (κ1) is 25.9. The van der Waals surface area contributed by atoms with Gasteiger partial charge in [-0.3, -0.25) is 9.89 Å². The molecule has 1 atom stereocenters. The lowest BCUT2D eigenvalue weighted by molar-refractivity contribution is -0.135. The number of nitrogens with zero attached hydrogens (tertiary/aromatic N) is 2. The van der Waals surface area contributed by atoms with E-state index in [4.69, 9.17) is 4.74 Å². The molecule has 2 N–H and O–H groups in total. The highest BCUT2D eigenvalue weighted by atomic mass is 127. The number of alkyl halides is 3. The fourth-order valence-corrected chi connectivity index (χ4v) is 3.10. The maximum atomic E-state index is 13.3. The third-order valence-corrected chi connectivity index (χ3v) is 4.61. The molecule has 1 aliphatic heterocycles. The number of ether oxygens (including phenoxy) is 1. The van der Waals surface area contributed by atoms with Gasteiger partial charge in [-0.1, -0.05) is 12.1 Å². The van der Waals surface area contributed by atoms with Crippen LogP contribution in [0.2, 0.25) is 0 Å². The maximum Gasteiger partial charge on any atom is 0.389 e. The summed E-state index contributed by atoms with van der Waals surface area (Å²) < 4.78 is 55.3. The Kier molecular flexibility index (Phi) is 11.8. The standard InChI is InChI=1S/C19H28F4N4O.HI/c1-24-18(25-9-3-2-8-19(21,22)23)26-14-17(27-10-12-28-13-11-27)15-4-6-16(20)7-5-15;/h4-7,17H,2-3,8-14H2,1H3,(H2,24,25,26);1H. The van der Waals surface area contributed by atoms with Crippen LogP contribution in [0.1, 0.15) is 30.9 Å². The summed E-state index contributed by atoms with van der Waals surface area (Å²) in [4.78, 5) is 6.39. The van der Waals surface area contributed by atoms with Gasteiger partial charge in [-0.15, -0.1) is 24.0 Å². The first-order valence-electron chi connectivity index (χ1n) is 9.47. The van der Waals surface area contributed by atoms with Crippen molar-refractivity contribution < 1.29 is 22.3 Å². The summed E-state index contributed by atoms with van der Waals surface area (Å²) in [6, 6.07) is 6.43. The van der Waals surface area contributed by atoms with Gasteiger partial charge in [0.15, 0.2) is 5.96 Å². The van der Waals surface area contributed by atoms with Crippen molar-refractivity contribution in [2.24, 2.45) is 4.99 Å². The van der Waals surface area contributed by atoms with E-state index in [2.05, 4.69) is 20.5 Å². The smallest absolute Gasteiger partial charge is 0.379 e. The average molecular weight is 532 g/mol. The summed E-state index contributed by atoms with van der Waals surface area (Å²) in [5.74, 6) is 0.251. The summed E-state index contributed by atoms with van der Waals surface area (Å²) in [5.41, 5.74) is 0.983. The first-order chi connectivity index (χ1) is 13.4. The molecule has 5 nitrogen and oxygen atoms in total. The number of rotatable bonds is 8. The Morgan fingerprint density at radius 3 is 2.38 bits per heavy atom. The summed E-state index contributed by atoms with van der Waals surface area (Å²) >= 11 is 0. The Morgan fingerprint density at radius 1 is 1.14 bits per heavy atom. The molecule has 1 fully saturated rings. The minimum atomic E-state index is -4.11. The monoisotopic (exact) mass is 532 g/mol. The number of unbranched alkanes of at least 4 members (excludes halogenated alkanes) is 1. The fourth-order valence-electron chi connectivity index (χ4n) is 3.10. The molecule has 166 valence electrons. The van der Waals surface area contributed by atoms with Crippen LogP contribution < -0.4 is 10.6 Å². The topological polar surface area (TPSA) is 48.9 Å². The van der Waals surface area contributed by atoms with Crippen molar-refractivity contribution in [3.63, 3.8) is 0 Å². The van der Waals surface area contributed by atoms with Gasteiger partial charge >= 0.3 is 6.18 Å². The van der Waals surface area contributed by atoms with Crippen LogP contribution in [0.15, 0.2) is 29.3 Å². The van der Waals surface area contributed by atoms with Crippen LogP contribution in [-0.2, 0) is 4.74 Å². The molecule has 0 radical (unpaired) electrons. The molecule has 29 heavy (non-hydrogen) atoms. The van der Waals surface area contributed by atoms with Crippen molar-refractivity contribution >= 4 is 29.9 Å². The summed E-state index contributed by atoms with van der Waals surface area (Å²) in [6.07, 6.45) is -4.39. The van der Waals surface area contributed by atoms with Crippen LogP contribution in [0.25, 0.3) is 0 Å². The van der Waals surface area contributed by atoms with Crippen LogP contribution in [0.5, 0.6) is 0 Å². The van der Waals surface area contributed by atoms with Crippen LogP contribution >= 0.6 is 24.0 Å². The first-order valence-corrected chi connectivity index (χ1v) is 9.47. The third kappa shape index (κ3) is 9.94. The second-order valence-electron chi connectivity index (χ2n) is 6.67. The molecule has 0 aliphatic carbocycles. The molecule has 1 aromatic rings. The van der Waals surface area contributed by atoms with E-state index in [9.17, 15) is 17.6 Å². The summed E-state index contributed by atoms with van der Waals surface area (Å²) in [7, 11) is 1.62. The summed E-state index contributed by atoms with van der Waals surface area (Å²) in [6.45, 7) is 3.77. The fraction of sp³-hybridized carbons (Fsp3) is 0.632. The van der Waals surface area contributed by atoms with E-state index in [-0.39, 0.29) is 42.3 Å². The Hall–Kier alpha value is -1.14. The second-order valence-corrected chi connectivity index (χ2v) is 6.67. The van der Waals surface area contributed by atoms with Crippen molar-refractivity contribution in [1.82, 2.24) is 15.5 Å². The predicted molar refractivity (Wildman–Crippen MR) is 116 cm³/mol. The lowest BCUT2D eigenvalue weighted by Crippen LogP contribution is -2.46. The van der Waals surface area contributed by atoms with Gasteiger partial charge < -0.3 is 15.4 Å². The minimum Gasteiger partial charge on any atom is -0.379 e. The second kappa shape index (κ2) is 13.2. The Morgan fingerprint density at radius 2 is 1.79 bits per heavy atom. The number of aliphatic imine (C=N–C) groups is 1. The van der Waals surface area contributed by atoms with E-state index in [0.29, 0.717) is 38.7 Å². The van der Waals surface area contributed by atoms with Gasteiger partial charge in [-0.2, -0.15) is 13.2 Å². The molecule has 1 aliphatic rings. The quantitative estimate of drug-likeness (QED) is 0.176. The number of guanidine groups is 1. The molecule has 1 saturated heterocycles. The van der Waals surface area contributed by atoms with E-state index in [0.717, 1.165) is 18.7 Å². The number of hydrogen-bond acceptors (Lipinski definition) is 3. The van der Waals surface area contributed by atoms with Crippen molar-refractivity contribution in [1.29, 1.82) is 0 Å². The molecule has 0 amide bonds. The normalized spacial score (nSPS) is 16.8. The number of benzene rings is 1. The van der Waals surface area contributed by atoms with Crippen molar-refractivity contribution in [3.05, 3.63) is 35.6 Å². The van der Waals surface area contributed by atoms with Gasteiger partial charge in [0.1, 0.15) is 5.82 Å². The predicted octanol–water partition coefficient (Wildman–Crippen LogP) is 3.71. The molecule has 1 unspecified atom stereocenters. The minimum absolute atomic E-state index is 0. The highest BCUT2D eigenvalue weighted by Crippen LogP contribution is 2.22. The van der Waals surface area contributed by atoms with Gasteiger partial charge in [0, 0.05) is 39.6 Å². The van der Waals surface area contributed by atoms with Crippen LogP contribution in [0.3, 0.4) is 0 Å². The van der Waals surface area contributed by atoms with E-state index in [1.807, 2.05) is 0 Å². The highest BCUT2D eigenvalue weighted by Gasteiger charge is 2.26. The molecule has 1 aromatic carbocycles. The number of nitrogens with one attached hydrogen (secondary N) is 2. The molecule has 2 rings (SSSR count). The van der Waals surface area contributed by atoms with Crippen LogP contribution in [0, 0.1) is 5.82 Å². The maximum absolute atomic E-state index is 13.3. The van der Waals surface area contributed by atoms with E-state index in [1.165, 1.54) is 12.1 Å². The molecule has 0 spiro atoms. The molecular formula is C19H29F4IN4O. The zero-order chi connectivity index (χ0) is 20.4. The largest absolute Gasteiger partial charge is 0.389 e. The van der Waals surface area contributed by atoms with Crippen molar-refractivity contribution in [3.8, 4) is 0 Å². The van der Waals surface area contributed by atoms with Gasteiger partial charge in [-0.25, -0.2) is 4.39 Å². The van der Waals surface area contributed by atoms with E-state index in [1.54, 1.807) is 19.2 Å². The Bertz CT molecular complexity index is 607. The van der Waals surface area contributed by atoms with Crippen LogP contribution in [0.4, 0.5) is 17.6 Å². The summed E-state index contributed by atoms with van der Waals surface area (Å²) in [5, 5.41) is 6.27. The zero-order valence-corrected chi connectivity index (χ0v) is 18.8. The van der Waals surface area contributed by atoms with E-state index < -0.39 is 12.6 Å². The Balaban J connectivity index is 0.00000420. The lowest BCUT2D eigenvalue weighted by Gasteiger charge is -2.35. The average Bonchev–Trinajstić information content (AvgIpc) is 2.67. The molecule has 10 heteroatoms. The highest BCUT2D eigenvalue weighted by molar-refractivity contribution is 14.0. The van der Waals surface area contributed by atoms with Crippen LogP contribution in [-0.4, -0.2) is 63.5 Å². The molecule has 0 bridgehead atoms. The van der Waals surface area contributed by atoms with Gasteiger partial charge in [-0.05, 0) is 30.5 Å². The zero-order valence-electron chi connectivity index (χ0n) is 16.5. The SMILES string of the molecule is CN=C(NCCCCC(F)(F)F)NCC(c1ccc(F)cc1)N1CCOCC1.I.